The fourth-order valence-corrected chi connectivity index (χ4v) is 4.97. The Labute approximate surface area is 196 Å². The third kappa shape index (κ3) is 5.04. The van der Waals surface area contributed by atoms with Crippen molar-refractivity contribution in [3.8, 4) is 5.75 Å². The first kappa shape index (κ1) is 23.7. The summed E-state index contributed by atoms with van der Waals surface area (Å²) in [5, 5.41) is 14.3. The Morgan fingerprint density at radius 1 is 1.03 bits per heavy atom. The highest BCUT2D eigenvalue weighted by Gasteiger charge is 2.26. The molecule has 1 heterocycles. The van der Waals surface area contributed by atoms with Crippen LogP contribution >= 0.6 is 0 Å². The fraction of sp³-hybridized carbons (Fsp3) is 0.250. The molecule has 0 bridgehead atoms. The van der Waals surface area contributed by atoms with Crippen molar-refractivity contribution in [3.05, 3.63) is 66.2 Å². The first-order chi connectivity index (χ1) is 16.3. The number of morpholine rings is 1. The number of benzene rings is 3. The maximum absolute atomic E-state index is 12.7. The van der Waals surface area contributed by atoms with E-state index in [1.807, 2.05) is 12.1 Å². The SMILES string of the molecule is C[C@H](OC(=O)c1cc2ccccc2cc1O)C(=O)Nc1ccc(S(=O)(=O)N2CCOCC2)cc1. The Balaban J connectivity index is 1.40. The largest absolute Gasteiger partial charge is 0.507 e. The molecule has 0 aliphatic carbocycles. The van der Waals surface area contributed by atoms with E-state index in [9.17, 15) is 23.1 Å². The third-order valence-corrected chi connectivity index (χ3v) is 7.38. The highest BCUT2D eigenvalue weighted by Crippen LogP contribution is 2.26. The number of amides is 1. The Hall–Kier alpha value is -3.47. The molecule has 0 saturated carbocycles. The van der Waals surface area contributed by atoms with E-state index in [4.69, 9.17) is 9.47 Å². The highest BCUT2D eigenvalue weighted by molar-refractivity contribution is 7.89. The van der Waals surface area contributed by atoms with Crippen molar-refractivity contribution < 1.29 is 32.6 Å². The first-order valence-electron chi connectivity index (χ1n) is 10.7. The Morgan fingerprint density at radius 2 is 1.65 bits per heavy atom. The molecule has 0 spiro atoms. The molecule has 0 radical (unpaired) electrons. The predicted octanol–water partition coefficient (Wildman–Crippen LogP) is 2.75. The lowest BCUT2D eigenvalue weighted by molar-refractivity contribution is -0.123. The third-order valence-electron chi connectivity index (χ3n) is 5.47. The van der Waals surface area contributed by atoms with Crippen LogP contribution in [0.3, 0.4) is 0 Å². The molecule has 9 nitrogen and oxygen atoms in total. The van der Waals surface area contributed by atoms with Gasteiger partial charge in [0.25, 0.3) is 5.91 Å². The molecule has 1 fully saturated rings. The van der Waals surface area contributed by atoms with Crippen molar-refractivity contribution in [1.82, 2.24) is 4.31 Å². The molecule has 1 saturated heterocycles. The van der Waals surface area contributed by atoms with Gasteiger partial charge in [-0.05, 0) is 54.1 Å². The molecule has 4 rings (SSSR count). The zero-order chi connectivity index (χ0) is 24.3. The molecule has 0 aromatic heterocycles. The summed E-state index contributed by atoms with van der Waals surface area (Å²) >= 11 is 0. The van der Waals surface area contributed by atoms with E-state index in [0.29, 0.717) is 18.9 Å². The van der Waals surface area contributed by atoms with Crippen LogP contribution in [0.1, 0.15) is 17.3 Å². The number of phenols is 1. The van der Waals surface area contributed by atoms with Crippen molar-refractivity contribution in [3.63, 3.8) is 0 Å². The number of carbonyl (C=O) groups excluding carboxylic acids is 2. The Bertz CT molecular complexity index is 1320. The number of phenolic OH excluding ortho intramolecular Hbond substituents is 1. The summed E-state index contributed by atoms with van der Waals surface area (Å²) in [5.74, 6) is -1.68. The van der Waals surface area contributed by atoms with Crippen molar-refractivity contribution >= 4 is 38.4 Å². The molecule has 1 atom stereocenters. The molecule has 1 aliphatic heterocycles. The summed E-state index contributed by atoms with van der Waals surface area (Å²) in [6.07, 6.45) is -1.16. The number of nitrogens with one attached hydrogen (secondary N) is 1. The van der Waals surface area contributed by atoms with Crippen LogP contribution in [0.4, 0.5) is 5.69 Å². The molecule has 10 heteroatoms. The van der Waals surface area contributed by atoms with Gasteiger partial charge in [-0.15, -0.1) is 0 Å². The average molecular weight is 485 g/mol. The van der Waals surface area contributed by atoms with Crippen LogP contribution in [0, 0.1) is 0 Å². The molecule has 1 aliphatic rings. The molecule has 2 N–H and O–H groups in total. The van der Waals surface area contributed by atoms with E-state index in [1.165, 1.54) is 47.6 Å². The van der Waals surface area contributed by atoms with Gasteiger partial charge in [-0.2, -0.15) is 4.31 Å². The van der Waals surface area contributed by atoms with Gasteiger partial charge in [0.1, 0.15) is 11.3 Å². The molecule has 3 aromatic carbocycles. The number of carbonyl (C=O) groups is 2. The number of sulfonamides is 1. The molecule has 178 valence electrons. The number of hydrogen-bond acceptors (Lipinski definition) is 7. The quantitative estimate of drug-likeness (QED) is 0.516. The molecule has 34 heavy (non-hydrogen) atoms. The number of rotatable bonds is 6. The van der Waals surface area contributed by atoms with Crippen molar-refractivity contribution in [1.29, 1.82) is 0 Å². The average Bonchev–Trinajstić information content (AvgIpc) is 2.84. The summed E-state index contributed by atoms with van der Waals surface area (Å²) in [6, 6.07) is 15.9. The standard InChI is InChI=1S/C24H24N2O7S/c1-16(33-24(29)21-14-17-4-2-3-5-18(17)15-22(21)27)23(28)25-19-6-8-20(9-7-19)34(30,31)26-10-12-32-13-11-26/h2-9,14-16,27H,10-13H2,1H3,(H,25,28)/t16-/m0/s1. The number of nitrogens with zero attached hydrogens (tertiary/aromatic N) is 1. The van der Waals surface area contributed by atoms with E-state index in [0.717, 1.165) is 10.8 Å². The number of fused-ring (bicyclic) bond motifs is 1. The van der Waals surface area contributed by atoms with E-state index in [1.54, 1.807) is 12.1 Å². The molecular weight excluding hydrogens is 460 g/mol. The number of anilines is 1. The van der Waals surface area contributed by atoms with E-state index < -0.39 is 28.0 Å². The van der Waals surface area contributed by atoms with Crippen molar-refractivity contribution in [2.75, 3.05) is 31.6 Å². The van der Waals surface area contributed by atoms with Gasteiger partial charge in [-0.25, -0.2) is 13.2 Å². The summed E-state index contributed by atoms with van der Waals surface area (Å²) in [7, 11) is -3.64. The van der Waals surface area contributed by atoms with Gasteiger partial charge in [0.2, 0.25) is 10.0 Å². The highest BCUT2D eigenvalue weighted by atomic mass is 32.2. The first-order valence-corrected chi connectivity index (χ1v) is 12.1. The summed E-state index contributed by atoms with van der Waals surface area (Å²) in [6.45, 7) is 2.68. The Morgan fingerprint density at radius 3 is 2.29 bits per heavy atom. The smallest absolute Gasteiger partial charge is 0.342 e. The van der Waals surface area contributed by atoms with Gasteiger partial charge < -0.3 is 19.9 Å². The number of ether oxygens (including phenoxy) is 2. The maximum atomic E-state index is 12.7. The van der Waals surface area contributed by atoms with E-state index in [-0.39, 0.29) is 29.3 Å². The summed E-state index contributed by atoms with van der Waals surface area (Å²) < 4.78 is 37.2. The van der Waals surface area contributed by atoms with Crippen LogP contribution in [0.15, 0.2) is 65.6 Å². The molecule has 0 unspecified atom stereocenters. The van der Waals surface area contributed by atoms with Gasteiger partial charge in [-0.3, -0.25) is 4.79 Å². The van der Waals surface area contributed by atoms with Crippen LogP contribution in [0.5, 0.6) is 5.75 Å². The monoisotopic (exact) mass is 484 g/mol. The van der Waals surface area contributed by atoms with Gasteiger partial charge in [0, 0.05) is 18.8 Å². The minimum absolute atomic E-state index is 0.0453. The van der Waals surface area contributed by atoms with Gasteiger partial charge >= 0.3 is 5.97 Å². The zero-order valence-corrected chi connectivity index (χ0v) is 19.2. The minimum atomic E-state index is -3.64. The van der Waals surface area contributed by atoms with Crippen LogP contribution < -0.4 is 5.32 Å². The maximum Gasteiger partial charge on any atom is 0.342 e. The topological polar surface area (TPSA) is 122 Å². The van der Waals surface area contributed by atoms with Gasteiger partial charge in [0.15, 0.2) is 6.10 Å². The normalized spacial score (nSPS) is 15.6. The second kappa shape index (κ2) is 9.80. The van der Waals surface area contributed by atoms with Crippen molar-refractivity contribution in [2.45, 2.75) is 17.9 Å². The molecular formula is C24H24N2O7S. The zero-order valence-electron chi connectivity index (χ0n) is 18.4. The lowest BCUT2D eigenvalue weighted by atomic mass is 10.1. The Kier molecular flexibility index (Phi) is 6.82. The van der Waals surface area contributed by atoms with Crippen LogP contribution in [-0.2, 0) is 24.3 Å². The summed E-state index contributed by atoms with van der Waals surface area (Å²) in [5.41, 5.74) is 0.304. The minimum Gasteiger partial charge on any atom is -0.507 e. The number of aromatic hydroxyl groups is 1. The lowest BCUT2D eigenvalue weighted by Gasteiger charge is -2.26. The van der Waals surface area contributed by atoms with E-state index in [2.05, 4.69) is 5.32 Å². The summed E-state index contributed by atoms with van der Waals surface area (Å²) in [4.78, 5) is 25.2. The molecule has 1 amide bonds. The van der Waals surface area contributed by atoms with E-state index >= 15 is 0 Å². The number of hydrogen-bond donors (Lipinski definition) is 2. The van der Waals surface area contributed by atoms with Crippen LogP contribution in [0.25, 0.3) is 10.8 Å². The predicted molar refractivity (Wildman–Crippen MR) is 125 cm³/mol. The van der Waals surface area contributed by atoms with Crippen molar-refractivity contribution in [2.24, 2.45) is 0 Å². The lowest BCUT2D eigenvalue weighted by Crippen LogP contribution is -2.40. The second-order valence-corrected chi connectivity index (χ2v) is 9.73. The fourth-order valence-electron chi connectivity index (χ4n) is 3.56. The van der Waals surface area contributed by atoms with Crippen LogP contribution in [0.2, 0.25) is 0 Å². The molecule has 3 aromatic rings. The van der Waals surface area contributed by atoms with Gasteiger partial charge in [-0.1, -0.05) is 24.3 Å². The number of esters is 1. The van der Waals surface area contributed by atoms with Crippen LogP contribution in [-0.4, -0.2) is 62.1 Å². The second-order valence-electron chi connectivity index (χ2n) is 7.79. The van der Waals surface area contributed by atoms with Gasteiger partial charge in [0.05, 0.1) is 18.1 Å².